The summed E-state index contributed by atoms with van der Waals surface area (Å²) in [4.78, 5) is 30.7. The molecule has 0 aromatic heterocycles. The van der Waals surface area contributed by atoms with Crippen molar-refractivity contribution in [3.05, 3.63) is 53.5 Å². The summed E-state index contributed by atoms with van der Waals surface area (Å²) in [5.74, 6) is 0. The van der Waals surface area contributed by atoms with Gasteiger partial charge in [0.25, 0.3) is 0 Å². The molecule has 0 fully saturated rings. The molecule has 0 saturated heterocycles. The second-order valence-electron chi connectivity index (χ2n) is 5.21. The number of aliphatic imine (C=N–C) groups is 2. The lowest BCUT2D eigenvalue weighted by Gasteiger charge is -2.30. The van der Waals surface area contributed by atoms with Gasteiger partial charge in [0, 0.05) is 15.2 Å². The Labute approximate surface area is 127 Å². The number of benzene rings is 1. The summed E-state index contributed by atoms with van der Waals surface area (Å²) in [5.41, 5.74) is -1.56. The van der Waals surface area contributed by atoms with Crippen LogP contribution in [0.5, 0.6) is 0 Å². The molecule has 0 radical (unpaired) electrons. The summed E-state index contributed by atoms with van der Waals surface area (Å²) >= 11 is 1.42. The van der Waals surface area contributed by atoms with Gasteiger partial charge in [0.05, 0.1) is 0 Å². The molecule has 4 nitrogen and oxygen atoms in total. The van der Waals surface area contributed by atoms with Gasteiger partial charge in [0.2, 0.25) is 17.8 Å². The Morgan fingerprint density at radius 2 is 1.62 bits per heavy atom. The fourth-order valence-electron chi connectivity index (χ4n) is 1.97. The molecule has 0 amide bonds. The molecule has 0 N–H and O–H groups in total. The monoisotopic (exact) mass is 298 g/mol. The Hall–Kier alpha value is -2.19. The Balaban J connectivity index is 2.51. The van der Waals surface area contributed by atoms with Crippen LogP contribution in [0.25, 0.3) is 0 Å². The summed E-state index contributed by atoms with van der Waals surface area (Å²) in [6.07, 6.45) is 8.47. The van der Waals surface area contributed by atoms with Crippen molar-refractivity contribution < 1.29 is 9.59 Å². The van der Waals surface area contributed by atoms with Gasteiger partial charge >= 0.3 is 0 Å². The molecule has 1 aromatic rings. The van der Waals surface area contributed by atoms with Crippen molar-refractivity contribution in [1.29, 1.82) is 0 Å². The zero-order valence-electron chi connectivity index (χ0n) is 11.7. The molecule has 0 heterocycles. The largest absolute Gasteiger partial charge is 0.238 e. The van der Waals surface area contributed by atoms with E-state index in [1.165, 1.54) is 23.9 Å². The SMILES string of the molecule is CC1(C)C=CC(N=C=O)(N=C=O)C(Sc2ccccc2)=C1. The highest BCUT2D eigenvalue weighted by Gasteiger charge is 2.37. The van der Waals surface area contributed by atoms with Crippen molar-refractivity contribution in [1.82, 2.24) is 0 Å². The molecular formula is C16H14N2O2S. The van der Waals surface area contributed by atoms with Crippen LogP contribution in [-0.2, 0) is 9.59 Å². The van der Waals surface area contributed by atoms with E-state index in [9.17, 15) is 9.59 Å². The first-order valence-electron chi connectivity index (χ1n) is 6.36. The molecule has 0 atom stereocenters. The van der Waals surface area contributed by atoms with E-state index in [2.05, 4.69) is 9.98 Å². The fourth-order valence-corrected chi connectivity index (χ4v) is 3.19. The maximum atomic E-state index is 10.8. The smallest absolute Gasteiger partial charge is 0.211 e. The molecule has 1 aromatic carbocycles. The van der Waals surface area contributed by atoms with E-state index >= 15 is 0 Å². The first-order chi connectivity index (χ1) is 10.0. The molecule has 2 rings (SSSR count). The number of nitrogens with zero attached hydrogens (tertiary/aromatic N) is 2. The van der Waals surface area contributed by atoms with Gasteiger partial charge in [-0.05, 0) is 18.2 Å². The number of rotatable bonds is 4. The van der Waals surface area contributed by atoms with Crippen molar-refractivity contribution >= 4 is 23.9 Å². The second kappa shape index (κ2) is 6.06. The van der Waals surface area contributed by atoms with Gasteiger partial charge in [-0.3, -0.25) is 0 Å². The highest BCUT2D eigenvalue weighted by atomic mass is 32.2. The predicted octanol–water partition coefficient (Wildman–Crippen LogP) is 3.63. The number of hydrogen-bond acceptors (Lipinski definition) is 5. The van der Waals surface area contributed by atoms with Crippen LogP contribution in [-0.4, -0.2) is 17.8 Å². The van der Waals surface area contributed by atoms with Gasteiger partial charge in [0.15, 0.2) is 0 Å². The van der Waals surface area contributed by atoms with E-state index < -0.39 is 5.66 Å². The molecule has 0 saturated carbocycles. The molecular weight excluding hydrogens is 284 g/mol. The van der Waals surface area contributed by atoms with E-state index in [0.717, 1.165) is 4.90 Å². The molecule has 5 heteroatoms. The fraction of sp³-hybridized carbons (Fsp3) is 0.250. The van der Waals surface area contributed by atoms with E-state index in [1.807, 2.05) is 56.3 Å². The van der Waals surface area contributed by atoms with Crippen LogP contribution in [0.4, 0.5) is 0 Å². The van der Waals surface area contributed by atoms with Crippen LogP contribution < -0.4 is 0 Å². The molecule has 0 spiro atoms. The molecule has 0 unspecified atom stereocenters. The van der Waals surface area contributed by atoms with Gasteiger partial charge in [-0.2, -0.15) is 9.98 Å². The predicted molar refractivity (Wildman–Crippen MR) is 82.3 cm³/mol. The minimum Gasteiger partial charge on any atom is -0.211 e. The summed E-state index contributed by atoms with van der Waals surface area (Å²) in [6, 6.07) is 9.64. The van der Waals surface area contributed by atoms with Gasteiger partial charge in [-0.1, -0.05) is 56.0 Å². The van der Waals surface area contributed by atoms with Crippen LogP contribution in [0.1, 0.15) is 13.8 Å². The summed E-state index contributed by atoms with van der Waals surface area (Å²) in [7, 11) is 0. The van der Waals surface area contributed by atoms with Gasteiger partial charge < -0.3 is 0 Å². The van der Waals surface area contributed by atoms with Gasteiger partial charge in [0.1, 0.15) is 0 Å². The first-order valence-corrected chi connectivity index (χ1v) is 7.18. The Bertz CT molecular complexity index is 661. The minimum atomic E-state index is -1.35. The highest BCUT2D eigenvalue weighted by molar-refractivity contribution is 8.03. The van der Waals surface area contributed by atoms with Crippen LogP contribution in [0, 0.1) is 5.41 Å². The third-order valence-corrected chi connectivity index (χ3v) is 4.16. The lowest BCUT2D eigenvalue weighted by molar-refractivity contribution is 0.528. The molecule has 0 aliphatic heterocycles. The summed E-state index contributed by atoms with van der Waals surface area (Å²) < 4.78 is 0. The van der Waals surface area contributed by atoms with Crippen molar-refractivity contribution in [2.24, 2.45) is 15.4 Å². The van der Waals surface area contributed by atoms with Crippen molar-refractivity contribution in [3.8, 4) is 0 Å². The Morgan fingerprint density at radius 3 is 2.19 bits per heavy atom. The lowest BCUT2D eigenvalue weighted by Crippen LogP contribution is -2.28. The number of isocyanates is 2. The lowest BCUT2D eigenvalue weighted by atomic mass is 9.85. The maximum Gasteiger partial charge on any atom is 0.238 e. The third kappa shape index (κ3) is 3.47. The number of thioether (sulfide) groups is 1. The Kier molecular flexibility index (Phi) is 4.39. The molecule has 106 valence electrons. The van der Waals surface area contributed by atoms with E-state index in [0.29, 0.717) is 4.91 Å². The third-order valence-electron chi connectivity index (χ3n) is 3.01. The van der Waals surface area contributed by atoms with E-state index in [1.54, 1.807) is 6.08 Å². The molecule has 0 bridgehead atoms. The average Bonchev–Trinajstić information content (AvgIpc) is 2.45. The molecule has 21 heavy (non-hydrogen) atoms. The Morgan fingerprint density at radius 1 is 1.00 bits per heavy atom. The summed E-state index contributed by atoms with van der Waals surface area (Å²) in [5, 5.41) is 0. The quantitative estimate of drug-likeness (QED) is 0.484. The van der Waals surface area contributed by atoms with Crippen LogP contribution in [0.15, 0.2) is 68.3 Å². The van der Waals surface area contributed by atoms with Crippen molar-refractivity contribution in [3.63, 3.8) is 0 Å². The maximum absolute atomic E-state index is 10.8. The van der Waals surface area contributed by atoms with E-state index in [-0.39, 0.29) is 5.41 Å². The van der Waals surface area contributed by atoms with Crippen LogP contribution in [0.2, 0.25) is 0 Å². The highest BCUT2D eigenvalue weighted by Crippen LogP contribution is 2.44. The van der Waals surface area contributed by atoms with Crippen LogP contribution in [0.3, 0.4) is 0 Å². The topological polar surface area (TPSA) is 58.9 Å². The van der Waals surface area contributed by atoms with Gasteiger partial charge in [-0.25, -0.2) is 9.59 Å². The second-order valence-corrected chi connectivity index (χ2v) is 6.33. The number of hydrogen-bond donors (Lipinski definition) is 0. The zero-order valence-corrected chi connectivity index (χ0v) is 12.6. The molecule has 1 aliphatic carbocycles. The summed E-state index contributed by atoms with van der Waals surface area (Å²) in [6.45, 7) is 4.04. The van der Waals surface area contributed by atoms with Crippen LogP contribution >= 0.6 is 11.8 Å². The number of carbonyl (C=O) groups excluding carboxylic acids is 2. The normalized spacial score (nSPS) is 22.7. The average molecular weight is 298 g/mol. The first kappa shape index (κ1) is 15.2. The van der Waals surface area contributed by atoms with Crippen molar-refractivity contribution in [2.45, 2.75) is 24.4 Å². The number of allylic oxidation sites excluding steroid dienone is 2. The standard InChI is InChI=1S/C16H14N2O2S/c1-15(2)8-9-16(17-11-19,18-12-20)14(10-15)21-13-6-4-3-5-7-13/h3-10H,1-2H3. The van der Waals surface area contributed by atoms with Gasteiger partial charge in [-0.15, -0.1) is 0 Å². The van der Waals surface area contributed by atoms with E-state index in [4.69, 9.17) is 0 Å². The minimum absolute atomic E-state index is 0.211. The molecule has 1 aliphatic rings. The zero-order chi connectivity index (χ0) is 15.3. The van der Waals surface area contributed by atoms with Crippen molar-refractivity contribution in [2.75, 3.05) is 0 Å².